The maximum Gasteiger partial charge on any atom is 0.340 e. The quantitative estimate of drug-likeness (QED) is 0.664. The lowest BCUT2D eigenvalue weighted by molar-refractivity contribution is 0.0602. The number of anilines is 2. The predicted octanol–water partition coefficient (Wildman–Crippen LogP) is 3.79. The Kier molecular flexibility index (Phi) is 4.87. The molecular weight excluding hydrogens is 311 g/mol. The number of carbonyl (C=O) groups is 1. The van der Waals surface area contributed by atoms with Gasteiger partial charge >= 0.3 is 5.97 Å². The topological polar surface area (TPSA) is 50.4 Å². The molecule has 0 amide bonds. The van der Waals surface area contributed by atoms with E-state index in [0.717, 1.165) is 4.88 Å². The number of hydrogen-bond donors (Lipinski definition) is 2. The van der Waals surface area contributed by atoms with E-state index in [1.807, 2.05) is 6.92 Å². The number of esters is 1. The Hall–Kier alpha value is -1.99. The number of rotatable bonds is 3. The van der Waals surface area contributed by atoms with Gasteiger partial charge in [0.1, 0.15) is 10.8 Å². The first kappa shape index (κ1) is 15.4. The number of benzene rings is 1. The van der Waals surface area contributed by atoms with E-state index in [9.17, 15) is 9.18 Å². The summed E-state index contributed by atoms with van der Waals surface area (Å²) in [6.45, 7) is 1.88. The lowest BCUT2D eigenvalue weighted by atomic mass is 10.3. The van der Waals surface area contributed by atoms with Gasteiger partial charge in [-0.05, 0) is 43.4 Å². The highest BCUT2D eigenvalue weighted by Crippen LogP contribution is 2.28. The molecule has 7 heteroatoms. The third-order valence-corrected chi connectivity index (χ3v) is 3.74. The zero-order chi connectivity index (χ0) is 15.4. The van der Waals surface area contributed by atoms with Crippen LogP contribution < -0.4 is 10.6 Å². The van der Waals surface area contributed by atoms with E-state index in [1.54, 1.807) is 18.2 Å². The number of thiocarbonyl (C=S) groups is 1. The minimum atomic E-state index is -0.435. The third-order valence-electron chi connectivity index (χ3n) is 2.57. The van der Waals surface area contributed by atoms with Crippen molar-refractivity contribution in [2.75, 3.05) is 17.7 Å². The Labute approximate surface area is 130 Å². The Morgan fingerprint density at radius 3 is 2.76 bits per heavy atom. The van der Waals surface area contributed by atoms with Crippen LogP contribution in [0, 0.1) is 12.7 Å². The number of nitrogens with one attached hydrogen (secondary N) is 2. The van der Waals surface area contributed by atoms with Crippen molar-refractivity contribution in [3.63, 3.8) is 0 Å². The molecule has 2 rings (SSSR count). The van der Waals surface area contributed by atoms with Crippen molar-refractivity contribution in [2.24, 2.45) is 0 Å². The predicted molar refractivity (Wildman–Crippen MR) is 86.6 cm³/mol. The number of carbonyl (C=O) groups excluding carboxylic acids is 1. The summed E-state index contributed by atoms with van der Waals surface area (Å²) in [5, 5.41) is 6.65. The van der Waals surface area contributed by atoms with Crippen molar-refractivity contribution < 1.29 is 13.9 Å². The molecule has 2 N–H and O–H groups in total. The summed E-state index contributed by atoms with van der Waals surface area (Å²) >= 11 is 6.55. The highest BCUT2D eigenvalue weighted by Gasteiger charge is 2.16. The van der Waals surface area contributed by atoms with E-state index in [2.05, 4.69) is 10.6 Å². The van der Waals surface area contributed by atoms with E-state index >= 15 is 0 Å². The molecule has 0 saturated carbocycles. The summed E-state index contributed by atoms with van der Waals surface area (Å²) < 4.78 is 17.8. The smallest absolute Gasteiger partial charge is 0.340 e. The van der Waals surface area contributed by atoms with Crippen LogP contribution in [0.15, 0.2) is 30.3 Å². The van der Waals surface area contributed by atoms with Crippen molar-refractivity contribution in [1.82, 2.24) is 0 Å². The average Bonchev–Trinajstić information content (AvgIpc) is 2.78. The van der Waals surface area contributed by atoms with Gasteiger partial charge in [0.05, 0.1) is 12.7 Å². The summed E-state index contributed by atoms with van der Waals surface area (Å²) in [5.41, 5.74) is 0.948. The summed E-state index contributed by atoms with van der Waals surface area (Å²) in [4.78, 5) is 12.6. The van der Waals surface area contributed by atoms with Crippen LogP contribution >= 0.6 is 23.6 Å². The van der Waals surface area contributed by atoms with Crippen molar-refractivity contribution in [2.45, 2.75) is 6.92 Å². The van der Waals surface area contributed by atoms with Crippen LogP contribution in [0.2, 0.25) is 0 Å². The van der Waals surface area contributed by atoms with Gasteiger partial charge in [-0.2, -0.15) is 0 Å². The lowest BCUT2D eigenvalue weighted by Crippen LogP contribution is -2.19. The van der Waals surface area contributed by atoms with Crippen LogP contribution in [0.5, 0.6) is 0 Å². The molecule has 0 aliphatic heterocycles. The van der Waals surface area contributed by atoms with E-state index in [0.29, 0.717) is 16.3 Å². The molecule has 1 heterocycles. The summed E-state index contributed by atoms with van der Waals surface area (Å²) in [7, 11) is 1.32. The van der Waals surface area contributed by atoms with Gasteiger partial charge in [0.25, 0.3) is 0 Å². The first-order valence-electron chi connectivity index (χ1n) is 6.02. The summed E-state index contributed by atoms with van der Waals surface area (Å²) in [6, 6.07) is 7.67. The molecule has 0 fully saturated rings. The molecular formula is C14H13FN2O2S2. The standard InChI is InChI=1S/C14H13FN2O2S2/c1-8-6-11(13(18)19-2)12(21-8)17-14(20)16-10-5-3-4-9(15)7-10/h3-7H,1-2H3,(H2,16,17,20). The largest absolute Gasteiger partial charge is 0.465 e. The zero-order valence-corrected chi connectivity index (χ0v) is 13.0. The Balaban J connectivity index is 2.11. The van der Waals surface area contributed by atoms with Crippen molar-refractivity contribution >= 4 is 45.3 Å². The van der Waals surface area contributed by atoms with Gasteiger partial charge < -0.3 is 15.4 Å². The second kappa shape index (κ2) is 6.64. The second-order valence-electron chi connectivity index (χ2n) is 4.18. The third kappa shape index (κ3) is 3.99. The number of aryl methyl sites for hydroxylation is 1. The molecule has 0 spiro atoms. The lowest BCUT2D eigenvalue weighted by Gasteiger charge is -2.10. The van der Waals surface area contributed by atoms with Crippen LogP contribution in [0.3, 0.4) is 0 Å². The minimum absolute atomic E-state index is 0.271. The molecule has 0 aliphatic carbocycles. The molecule has 21 heavy (non-hydrogen) atoms. The fourth-order valence-electron chi connectivity index (χ4n) is 1.70. The SMILES string of the molecule is COC(=O)c1cc(C)sc1NC(=S)Nc1cccc(F)c1. The van der Waals surface area contributed by atoms with Gasteiger partial charge in [-0.3, -0.25) is 0 Å². The van der Waals surface area contributed by atoms with Crippen LogP contribution in [-0.4, -0.2) is 18.2 Å². The molecule has 0 atom stereocenters. The van der Waals surface area contributed by atoms with Crippen LogP contribution in [0.25, 0.3) is 0 Å². The monoisotopic (exact) mass is 324 g/mol. The number of ether oxygens (including phenoxy) is 1. The molecule has 2 aromatic rings. The van der Waals surface area contributed by atoms with Crippen molar-refractivity contribution in [3.05, 3.63) is 46.6 Å². The van der Waals surface area contributed by atoms with Gasteiger partial charge in [0.15, 0.2) is 5.11 Å². The Morgan fingerprint density at radius 1 is 1.33 bits per heavy atom. The maximum absolute atomic E-state index is 13.1. The van der Waals surface area contributed by atoms with E-state index in [1.165, 1.54) is 30.6 Å². The van der Waals surface area contributed by atoms with Gasteiger partial charge in [-0.25, -0.2) is 9.18 Å². The van der Waals surface area contributed by atoms with Crippen LogP contribution in [0.4, 0.5) is 15.1 Å². The first-order valence-corrected chi connectivity index (χ1v) is 7.24. The van der Waals surface area contributed by atoms with Crippen LogP contribution in [0.1, 0.15) is 15.2 Å². The molecule has 4 nitrogen and oxygen atoms in total. The second-order valence-corrected chi connectivity index (χ2v) is 5.85. The number of hydrogen-bond acceptors (Lipinski definition) is 4. The number of methoxy groups -OCH3 is 1. The van der Waals surface area contributed by atoms with Gasteiger partial charge in [0, 0.05) is 10.6 Å². The van der Waals surface area contributed by atoms with E-state index in [-0.39, 0.29) is 10.9 Å². The molecule has 0 unspecified atom stereocenters. The summed E-state index contributed by atoms with van der Waals surface area (Å²) in [6.07, 6.45) is 0. The van der Waals surface area contributed by atoms with Gasteiger partial charge in [0.2, 0.25) is 0 Å². The molecule has 1 aromatic carbocycles. The van der Waals surface area contributed by atoms with E-state index < -0.39 is 5.97 Å². The molecule has 110 valence electrons. The van der Waals surface area contributed by atoms with Crippen LogP contribution in [-0.2, 0) is 4.74 Å². The minimum Gasteiger partial charge on any atom is -0.465 e. The number of halogens is 1. The Morgan fingerprint density at radius 2 is 2.10 bits per heavy atom. The fraction of sp³-hybridized carbons (Fsp3) is 0.143. The molecule has 1 aromatic heterocycles. The van der Waals surface area contributed by atoms with Crippen molar-refractivity contribution in [1.29, 1.82) is 0 Å². The zero-order valence-electron chi connectivity index (χ0n) is 11.4. The highest BCUT2D eigenvalue weighted by molar-refractivity contribution is 7.80. The Bertz CT molecular complexity index is 685. The van der Waals surface area contributed by atoms with Gasteiger partial charge in [-0.15, -0.1) is 11.3 Å². The van der Waals surface area contributed by atoms with E-state index in [4.69, 9.17) is 17.0 Å². The fourth-order valence-corrected chi connectivity index (χ4v) is 2.89. The molecule has 0 bridgehead atoms. The molecule has 0 saturated heterocycles. The normalized spacial score (nSPS) is 10.0. The first-order chi connectivity index (χ1) is 9.99. The van der Waals surface area contributed by atoms with Gasteiger partial charge in [-0.1, -0.05) is 6.07 Å². The number of thiophene rings is 1. The molecule has 0 aliphatic rings. The summed E-state index contributed by atoms with van der Waals surface area (Å²) in [5.74, 6) is -0.791. The van der Waals surface area contributed by atoms with Crippen molar-refractivity contribution in [3.8, 4) is 0 Å². The maximum atomic E-state index is 13.1. The molecule has 0 radical (unpaired) electrons. The highest BCUT2D eigenvalue weighted by atomic mass is 32.1. The average molecular weight is 324 g/mol.